The Labute approximate surface area is 120 Å². The van der Waals surface area contributed by atoms with Gasteiger partial charge in [0.15, 0.2) is 6.61 Å². The molecule has 0 fully saturated rings. The summed E-state index contributed by atoms with van der Waals surface area (Å²) < 4.78 is 5.26. The lowest BCUT2D eigenvalue weighted by atomic mass is 10.2. The van der Waals surface area contributed by atoms with Gasteiger partial charge in [0.05, 0.1) is 17.8 Å². The largest absolute Gasteiger partial charge is 0.484 e. The molecule has 0 spiro atoms. The van der Waals surface area contributed by atoms with E-state index >= 15 is 0 Å². The molecule has 0 aliphatic carbocycles. The fraction of sp³-hybridized carbons (Fsp3) is 0.0714. The van der Waals surface area contributed by atoms with Crippen LogP contribution in [0.1, 0.15) is 11.1 Å². The minimum Gasteiger partial charge on any atom is -0.484 e. The Balaban J connectivity index is 1.76. The lowest BCUT2D eigenvalue weighted by Gasteiger charge is -2.04. The summed E-state index contributed by atoms with van der Waals surface area (Å²) in [6.07, 6.45) is 1.57. The molecule has 2 aromatic rings. The third kappa shape index (κ3) is 4.23. The summed E-state index contributed by atoms with van der Waals surface area (Å²) in [4.78, 5) is 11.5. The van der Waals surface area contributed by atoms with Crippen molar-refractivity contribution >= 4 is 23.5 Å². The second-order valence-electron chi connectivity index (χ2n) is 3.77. The van der Waals surface area contributed by atoms with Crippen molar-refractivity contribution in [3.63, 3.8) is 0 Å². The summed E-state index contributed by atoms with van der Waals surface area (Å²) in [7, 11) is 0. The van der Waals surface area contributed by atoms with E-state index in [0.29, 0.717) is 11.3 Å². The zero-order valence-electron chi connectivity index (χ0n) is 10.4. The molecule has 0 saturated carbocycles. The second-order valence-corrected chi connectivity index (χ2v) is 4.55. The smallest absolute Gasteiger partial charge is 0.277 e. The number of amides is 1. The van der Waals surface area contributed by atoms with E-state index < -0.39 is 0 Å². The highest BCUT2D eigenvalue weighted by Crippen LogP contribution is 2.11. The van der Waals surface area contributed by atoms with E-state index in [0.717, 1.165) is 5.56 Å². The van der Waals surface area contributed by atoms with Gasteiger partial charge in [0, 0.05) is 5.56 Å². The molecule has 0 radical (unpaired) electrons. The van der Waals surface area contributed by atoms with Crippen LogP contribution in [0.4, 0.5) is 0 Å². The number of carbonyl (C=O) groups is 1. The van der Waals surface area contributed by atoms with Crippen molar-refractivity contribution in [1.82, 2.24) is 5.43 Å². The Morgan fingerprint density at radius 3 is 2.85 bits per heavy atom. The third-order valence-electron chi connectivity index (χ3n) is 2.30. The van der Waals surface area contributed by atoms with Gasteiger partial charge in [-0.3, -0.25) is 4.79 Å². The number of benzene rings is 1. The van der Waals surface area contributed by atoms with E-state index in [1.807, 2.05) is 22.9 Å². The van der Waals surface area contributed by atoms with Crippen molar-refractivity contribution < 1.29 is 9.53 Å². The van der Waals surface area contributed by atoms with E-state index in [1.165, 1.54) is 0 Å². The Morgan fingerprint density at radius 2 is 2.20 bits per heavy atom. The molecule has 1 aromatic carbocycles. The second kappa shape index (κ2) is 7.07. The Kier molecular flexibility index (Phi) is 4.87. The number of hydrazone groups is 1. The first-order valence-electron chi connectivity index (χ1n) is 5.75. The number of ether oxygens (including phenoxy) is 1. The number of rotatable bonds is 5. The van der Waals surface area contributed by atoms with Crippen LogP contribution in [-0.4, -0.2) is 18.7 Å². The molecular weight excluding hydrogens is 274 g/mol. The molecule has 0 saturated heterocycles. The zero-order chi connectivity index (χ0) is 14.2. The van der Waals surface area contributed by atoms with Crippen LogP contribution < -0.4 is 10.2 Å². The van der Waals surface area contributed by atoms with Crippen LogP contribution in [0.15, 0.2) is 46.2 Å². The topological polar surface area (TPSA) is 74.5 Å². The molecule has 2 rings (SSSR count). The standard InChI is InChI=1S/C14H11N3O2S/c15-7-11-1-3-13(4-2-11)19-9-14(18)17-16-8-12-5-6-20-10-12/h1-6,8,10H,9H2,(H,17,18). The maximum atomic E-state index is 11.5. The Bertz CT molecular complexity index is 627. The summed E-state index contributed by atoms with van der Waals surface area (Å²) >= 11 is 1.56. The summed E-state index contributed by atoms with van der Waals surface area (Å²) in [6.45, 7) is -0.132. The monoisotopic (exact) mass is 285 g/mol. The SMILES string of the molecule is N#Cc1ccc(OCC(=O)NN=Cc2ccsc2)cc1. The normalized spacial score (nSPS) is 10.2. The summed E-state index contributed by atoms with van der Waals surface area (Å²) in [5.41, 5.74) is 3.85. The lowest BCUT2D eigenvalue weighted by Crippen LogP contribution is -2.24. The van der Waals surface area contributed by atoms with E-state index in [-0.39, 0.29) is 12.5 Å². The highest BCUT2D eigenvalue weighted by molar-refractivity contribution is 7.08. The molecule has 0 bridgehead atoms. The quantitative estimate of drug-likeness (QED) is 0.675. The van der Waals surface area contributed by atoms with E-state index in [1.54, 1.807) is 41.8 Å². The average molecular weight is 285 g/mol. The Hall–Kier alpha value is -2.65. The molecule has 1 aromatic heterocycles. The van der Waals surface area contributed by atoms with Gasteiger partial charge in [0.25, 0.3) is 5.91 Å². The summed E-state index contributed by atoms with van der Waals surface area (Å²) in [5.74, 6) is 0.182. The fourth-order valence-electron chi connectivity index (χ4n) is 1.33. The predicted octanol–water partition coefficient (Wildman–Crippen LogP) is 2.15. The van der Waals surface area contributed by atoms with Gasteiger partial charge in [-0.2, -0.15) is 21.7 Å². The number of nitrogens with zero attached hydrogens (tertiary/aromatic N) is 2. The molecule has 1 heterocycles. The Morgan fingerprint density at radius 1 is 1.40 bits per heavy atom. The minimum absolute atomic E-state index is 0.132. The fourth-order valence-corrected chi connectivity index (χ4v) is 1.94. The van der Waals surface area contributed by atoms with Crippen LogP contribution in [0.25, 0.3) is 0 Å². The molecule has 6 heteroatoms. The molecular formula is C14H11N3O2S. The first-order valence-corrected chi connectivity index (χ1v) is 6.69. The number of carbonyl (C=O) groups excluding carboxylic acids is 1. The molecule has 0 aliphatic heterocycles. The van der Waals surface area contributed by atoms with Gasteiger partial charge >= 0.3 is 0 Å². The van der Waals surface area contributed by atoms with Gasteiger partial charge in [-0.05, 0) is 41.1 Å². The molecule has 0 aliphatic rings. The average Bonchev–Trinajstić information content (AvgIpc) is 2.99. The van der Waals surface area contributed by atoms with Crippen LogP contribution in [-0.2, 0) is 4.79 Å². The van der Waals surface area contributed by atoms with Gasteiger partial charge in [-0.1, -0.05) is 0 Å². The molecule has 1 N–H and O–H groups in total. The van der Waals surface area contributed by atoms with Crippen LogP contribution in [0, 0.1) is 11.3 Å². The molecule has 0 atom stereocenters. The molecule has 1 amide bonds. The summed E-state index contributed by atoms with van der Waals surface area (Å²) in [5, 5.41) is 16.3. The van der Waals surface area contributed by atoms with Crippen LogP contribution in [0.3, 0.4) is 0 Å². The van der Waals surface area contributed by atoms with E-state index in [9.17, 15) is 4.79 Å². The molecule has 20 heavy (non-hydrogen) atoms. The molecule has 100 valence electrons. The van der Waals surface area contributed by atoms with Crippen molar-refractivity contribution in [3.05, 3.63) is 52.2 Å². The number of hydrogen-bond donors (Lipinski definition) is 1. The molecule has 0 unspecified atom stereocenters. The van der Waals surface area contributed by atoms with Gasteiger partial charge < -0.3 is 4.74 Å². The van der Waals surface area contributed by atoms with Crippen molar-refractivity contribution in [1.29, 1.82) is 5.26 Å². The van der Waals surface area contributed by atoms with Crippen LogP contribution in [0.5, 0.6) is 5.75 Å². The van der Waals surface area contributed by atoms with Crippen molar-refractivity contribution in [2.45, 2.75) is 0 Å². The van der Waals surface area contributed by atoms with E-state index in [2.05, 4.69) is 10.5 Å². The third-order valence-corrected chi connectivity index (χ3v) is 3.00. The highest BCUT2D eigenvalue weighted by atomic mass is 32.1. The first-order chi connectivity index (χ1) is 9.78. The van der Waals surface area contributed by atoms with Crippen molar-refractivity contribution in [3.8, 4) is 11.8 Å². The lowest BCUT2D eigenvalue weighted by molar-refractivity contribution is -0.123. The van der Waals surface area contributed by atoms with Gasteiger partial charge in [-0.15, -0.1) is 0 Å². The highest BCUT2D eigenvalue weighted by Gasteiger charge is 2.01. The summed E-state index contributed by atoms with van der Waals surface area (Å²) in [6, 6.07) is 10.4. The van der Waals surface area contributed by atoms with Crippen LogP contribution >= 0.6 is 11.3 Å². The predicted molar refractivity (Wildman–Crippen MR) is 76.7 cm³/mol. The van der Waals surface area contributed by atoms with Crippen molar-refractivity contribution in [2.24, 2.45) is 5.10 Å². The van der Waals surface area contributed by atoms with Gasteiger partial charge in [0.2, 0.25) is 0 Å². The van der Waals surface area contributed by atoms with Crippen molar-refractivity contribution in [2.75, 3.05) is 6.61 Å². The number of nitrogens with one attached hydrogen (secondary N) is 1. The maximum absolute atomic E-state index is 11.5. The van der Waals surface area contributed by atoms with Gasteiger partial charge in [0.1, 0.15) is 5.75 Å². The van der Waals surface area contributed by atoms with E-state index in [4.69, 9.17) is 10.00 Å². The number of hydrogen-bond acceptors (Lipinski definition) is 5. The molecule has 5 nitrogen and oxygen atoms in total. The zero-order valence-corrected chi connectivity index (χ0v) is 11.3. The minimum atomic E-state index is -0.346. The maximum Gasteiger partial charge on any atom is 0.277 e. The number of nitriles is 1. The van der Waals surface area contributed by atoms with Crippen LogP contribution in [0.2, 0.25) is 0 Å². The number of thiophene rings is 1. The first kappa shape index (κ1) is 13.8. The van der Waals surface area contributed by atoms with Gasteiger partial charge in [-0.25, -0.2) is 5.43 Å².